The number of nitrogens with one attached hydrogen (secondary N) is 2. The number of rotatable bonds is 6. The molecule has 1 fully saturated rings. The van der Waals surface area contributed by atoms with Crippen molar-refractivity contribution in [1.29, 1.82) is 0 Å². The van der Waals surface area contributed by atoms with E-state index in [1.165, 1.54) is 0 Å². The van der Waals surface area contributed by atoms with Crippen LogP contribution in [0.1, 0.15) is 38.3 Å². The monoisotopic (exact) mass is 353 g/mol. The lowest BCUT2D eigenvalue weighted by Gasteiger charge is -2.34. The minimum Gasteiger partial charge on any atom is -0.381 e. The van der Waals surface area contributed by atoms with Crippen LogP contribution in [-0.4, -0.2) is 45.0 Å². The molecule has 2 N–H and O–H groups in total. The number of methoxy groups -OCH3 is 1. The highest BCUT2D eigenvalue weighted by molar-refractivity contribution is 6.31. The van der Waals surface area contributed by atoms with Gasteiger partial charge in [-0.05, 0) is 25.5 Å². The van der Waals surface area contributed by atoms with Gasteiger partial charge in [0.2, 0.25) is 0 Å². The number of guanidine groups is 1. The summed E-state index contributed by atoms with van der Waals surface area (Å²) >= 11 is 6.29. The number of hydrogen-bond donors (Lipinski definition) is 2. The average Bonchev–Trinajstić information content (AvgIpc) is 2.61. The van der Waals surface area contributed by atoms with Crippen LogP contribution in [0.25, 0.3) is 0 Å². The first kappa shape index (κ1) is 19.0. The largest absolute Gasteiger partial charge is 0.381 e. The molecular formula is C18H28ClN3O2. The fourth-order valence-electron chi connectivity index (χ4n) is 2.82. The second-order valence-electron chi connectivity index (χ2n) is 6.08. The highest BCUT2D eigenvalue weighted by Gasteiger charge is 2.32. The van der Waals surface area contributed by atoms with Crippen LogP contribution in [0.3, 0.4) is 0 Å². The van der Waals surface area contributed by atoms with E-state index in [-0.39, 0.29) is 11.6 Å². The van der Waals surface area contributed by atoms with Crippen molar-refractivity contribution in [3.05, 3.63) is 34.9 Å². The lowest BCUT2D eigenvalue weighted by molar-refractivity contribution is -0.0828. The van der Waals surface area contributed by atoms with Gasteiger partial charge in [0.1, 0.15) is 0 Å². The third-order valence-corrected chi connectivity index (χ3v) is 4.78. The molecule has 0 radical (unpaired) electrons. The van der Waals surface area contributed by atoms with E-state index in [1.807, 2.05) is 24.3 Å². The Morgan fingerprint density at radius 2 is 2.08 bits per heavy atom. The molecule has 1 saturated heterocycles. The standard InChI is InChI=1S/C18H28ClN3O2/c1-4-20-17(21-13-18(23-3)9-11-24-12-10-18)22-14(2)15-7-5-6-8-16(15)19/h5-8,14H,4,9-13H2,1-3H3,(H2,20,21,22). The fraction of sp³-hybridized carbons (Fsp3) is 0.611. The van der Waals surface area contributed by atoms with E-state index in [2.05, 4.69) is 24.5 Å². The van der Waals surface area contributed by atoms with Gasteiger partial charge in [-0.15, -0.1) is 0 Å². The fourth-order valence-corrected chi connectivity index (χ4v) is 3.12. The smallest absolute Gasteiger partial charge is 0.191 e. The molecule has 0 saturated carbocycles. The van der Waals surface area contributed by atoms with Crippen LogP contribution < -0.4 is 10.6 Å². The molecule has 0 amide bonds. The van der Waals surface area contributed by atoms with Crippen molar-refractivity contribution < 1.29 is 9.47 Å². The number of benzene rings is 1. The molecule has 0 aliphatic carbocycles. The van der Waals surface area contributed by atoms with Crippen molar-refractivity contribution in [2.24, 2.45) is 4.99 Å². The van der Waals surface area contributed by atoms with Gasteiger partial charge in [0.25, 0.3) is 0 Å². The van der Waals surface area contributed by atoms with E-state index in [0.717, 1.165) is 49.1 Å². The van der Waals surface area contributed by atoms with Crippen LogP contribution in [0, 0.1) is 0 Å². The summed E-state index contributed by atoms with van der Waals surface area (Å²) in [4.78, 5) is 4.75. The van der Waals surface area contributed by atoms with Crippen molar-refractivity contribution >= 4 is 17.6 Å². The van der Waals surface area contributed by atoms with Crippen LogP contribution >= 0.6 is 11.6 Å². The number of aliphatic imine (C=N–C) groups is 1. The number of halogens is 1. The summed E-state index contributed by atoms with van der Waals surface area (Å²) in [6.45, 7) is 6.99. The summed E-state index contributed by atoms with van der Waals surface area (Å²) in [7, 11) is 1.76. The first-order valence-corrected chi connectivity index (χ1v) is 8.90. The molecule has 0 bridgehead atoms. The molecule has 1 aromatic rings. The Morgan fingerprint density at radius 3 is 2.71 bits per heavy atom. The van der Waals surface area contributed by atoms with Gasteiger partial charge in [0, 0.05) is 44.7 Å². The Bertz CT molecular complexity index is 545. The first-order valence-electron chi connectivity index (χ1n) is 8.52. The molecule has 1 aliphatic rings. The molecule has 1 aliphatic heterocycles. The van der Waals surface area contributed by atoms with Gasteiger partial charge in [-0.25, -0.2) is 0 Å². The van der Waals surface area contributed by atoms with Crippen LogP contribution in [-0.2, 0) is 9.47 Å². The normalized spacial score (nSPS) is 18.9. The predicted octanol–water partition coefficient (Wildman–Crippen LogP) is 3.15. The molecule has 6 heteroatoms. The van der Waals surface area contributed by atoms with Crippen LogP contribution in [0.5, 0.6) is 0 Å². The van der Waals surface area contributed by atoms with Gasteiger partial charge < -0.3 is 20.1 Å². The zero-order chi connectivity index (χ0) is 17.4. The molecule has 134 valence electrons. The third-order valence-electron chi connectivity index (χ3n) is 4.43. The number of ether oxygens (including phenoxy) is 2. The molecule has 5 nitrogen and oxygen atoms in total. The second kappa shape index (κ2) is 9.25. The summed E-state index contributed by atoms with van der Waals surface area (Å²) in [6, 6.07) is 7.92. The molecule has 0 spiro atoms. The van der Waals surface area contributed by atoms with Crippen molar-refractivity contribution in [3.63, 3.8) is 0 Å². The Labute approximate surface area is 149 Å². The maximum atomic E-state index is 6.29. The average molecular weight is 354 g/mol. The van der Waals surface area contributed by atoms with E-state index in [1.54, 1.807) is 7.11 Å². The minimum atomic E-state index is -0.228. The predicted molar refractivity (Wildman–Crippen MR) is 98.8 cm³/mol. The Hall–Kier alpha value is -1.30. The molecule has 1 aromatic carbocycles. The van der Waals surface area contributed by atoms with E-state index in [4.69, 9.17) is 26.1 Å². The van der Waals surface area contributed by atoms with E-state index < -0.39 is 0 Å². The van der Waals surface area contributed by atoms with Crippen molar-refractivity contribution in [1.82, 2.24) is 10.6 Å². The lowest BCUT2D eigenvalue weighted by atomic mass is 9.94. The zero-order valence-corrected chi connectivity index (χ0v) is 15.5. The topological polar surface area (TPSA) is 54.9 Å². The third kappa shape index (κ3) is 5.10. The number of nitrogens with zero attached hydrogens (tertiary/aromatic N) is 1. The molecule has 0 aromatic heterocycles. The highest BCUT2D eigenvalue weighted by atomic mass is 35.5. The SMILES string of the molecule is CCNC(=NCC1(OC)CCOCC1)NC(C)c1ccccc1Cl. The van der Waals surface area contributed by atoms with Crippen molar-refractivity contribution in [2.75, 3.05) is 33.4 Å². The van der Waals surface area contributed by atoms with Gasteiger partial charge in [-0.2, -0.15) is 0 Å². The van der Waals surface area contributed by atoms with Crippen LogP contribution in [0.2, 0.25) is 5.02 Å². The maximum absolute atomic E-state index is 6.29. The maximum Gasteiger partial charge on any atom is 0.191 e. The van der Waals surface area contributed by atoms with Crippen LogP contribution in [0.15, 0.2) is 29.3 Å². The summed E-state index contributed by atoms with van der Waals surface area (Å²) in [5.74, 6) is 0.771. The van der Waals surface area contributed by atoms with Gasteiger partial charge in [0.05, 0.1) is 18.2 Å². The van der Waals surface area contributed by atoms with Crippen LogP contribution in [0.4, 0.5) is 0 Å². The quantitative estimate of drug-likeness (QED) is 0.609. The molecule has 2 rings (SSSR count). The molecular weight excluding hydrogens is 326 g/mol. The van der Waals surface area contributed by atoms with Gasteiger partial charge in [0.15, 0.2) is 5.96 Å². The summed E-state index contributed by atoms with van der Waals surface area (Å²) in [5, 5.41) is 7.47. The van der Waals surface area contributed by atoms with Gasteiger partial charge in [-0.3, -0.25) is 4.99 Å². The summed E-state index contributed by atoms with van der Waals surface area (Å²) in [6.07, 6.45) is 1.74. The Morgan fingerprint density at radius 1 is 1.38 bits per heavy atom. The van der Waals surface area contributed by atoms with E-state index in [9.17, 15) is 0 Å². The Balaban J connectivity index is 2.06. The van der Waals surface area contributed by atoms with Crippen molar-refractivity contribution in [2.45, 2.75) is 38.3 Å². The lowest BCUT2D eigenvalue weighted by Crippen LogP contribution is -2.44. The summed E-state index contributed by atoms with van der Waals surface area (Å²) in [5.41, 5.74) is 0.825. The van der Waals surface area contributed by atoms with Crippen molar-refractivity contribution in [3.8, 4) is 0 Å². The molecule has 1 unspecified atom stereocenters. The van der Waals surface area contributed by atoms with E-state index in [0.29, 0.717) is 6.54 Å². The van der Waals surface area contributed by atoms with Gasteiger partial charge in [-0.1, -0.05) is 29.8 Å². The zero-order valence-electron chi connectivity index (χ0n) is 14.8. The summed E-state index contributed by atoms with van der Waals surface area (Å²) < 4.78 is 11.2. The molecule has 1 heterocycles. The van der Waals surface area contributed by atoms with Gasteiger partial charge >= 0.3 is 0 Å². The minimum absolute atomic E-state index is 0.0599. The first-order chi connectivity index (χ1) is 11.6. The molecule has 1 atom stereocenters. The highest BCUT2D eigenvalue weighted by Crippen LogP contribution is 2.25. The van der Waals surface area contributed by atoms with E-state index >= 15 is 0 Å². The Kier molecular flexibility index (Phi) is 7.34. The molecule has 24 heavy (non-hydrogen) atoms. The number of hydrogen-bond acceptors (Lipinski definition) is 3. The second-order valence-corrected chi connectivity index (χ2v) is 6.49.